The Bertz CT molecular complexity index is 510. The molecule has 1 aromatic rings. The van der Waals surface area contributed by atoms with E-state index in [1.54, 1.807) is 11.1 Å². The summed E-state index contributed by atoms with van der Waals surface area (Å²) in [4.78, 5) is 18.9. The number of oxime groups is 1. The molecule has 0 radical (unpaired) electrons. The molecular formula is C15H22N4O2. The van der Waals surface area contributed by atoms with E-state index in [1.807, 2.05) is 25.1 Å². The molecule has 3 N–H and O–H groups in total. The highest BCUT2D eigenvalue weighted by Crippen LogP contribution is 2.40. The highest BCUT2D eigenvalue weighted by molar-refractivity contribution is 6.07. The Hall–Kier alpha value is -2.11. The third-order valence-corrected chi connectivity index (χ3v) is 4.21. The second-order valence-electron chi connectivity index (χ2n) is 5.41. The van der Waals surface area contributed by atoms with Gasteiger partial charge in [0.1, 0.15) is 5.41 Å². The molecule has 1 amide bonds. The van der Waals surface area contributed by atoms with Gasteiger partial charge in [-0.1, -0.05) is 24.1 Å². The number of amides is 1. The van der Waals surface area contributed by atoms with Crippen LogP contribution in [0.1, 0.15) is 38.3 Å². The smallest absolute Gasteiger partial charge is 0.236 e. The van der Waals surface area contributed by atoms with Gasteiger partial charge in [-0.2, -0.15) is 0 Å². The Kier molecular flexibility index (Phi) is 4.77. The molecule has 114 valence electrons. The number of rotatable bonds is 5. The van der Waals surface area contributed by atoms with Gasteiger partial charge in [0, 0.05) is 12.7 Å². The van der Waals surface area contributed by atoms with E-state index in [9.17, 15) is 4.79 Å². The summed E-state index contributed by atoms with van der Waals surface area (Å²) in [5, 5.41) is 12.2. The zero-order chi connectivity index (χ0) is 15.3. The number of hydrogen-bond donors (Lipinski definition) is 2. The molecule has 1 aliphatic rings. The van der Waals surface area contributed by atoms with Gasteiger partial charge in [0.2, 0.25) is 5.91 Å². The molecule has 6 heteroatoms. The van der Waals surface area contributed by atoms with Gasteiger partial charge >= 0.3 is 0 Å². The lowest BCUT2D eigenvalue weighted by Gasteiger charge is -2.32. The summed E-state index contributed by atoms with van der Waals surface area (Å²) < 4.78 is 0. The standard InChI is InChI=1S/C15H22N4O2/c1-2-19(11-12-7-3-6-10-17-12)14(20)15(13(16)18-21)8-4-5-9-15/h3,6-7,10,21H,2,4-5,8-9,11H2,1H3,(H2,16,18). The van der Waals surface area contributed by atoms with E-state index in [0.29, 0.717) is 25.9 Å². The first-order valence-corrected chi connectivity index (χ1v) is 7.31. The molecule has 2 rings (SSSR count). The lowest BCUT2D eigenvalue weighted by Crippen LogP contribution is -2.49. The van der Waals surface area contributed by atoms with Crippen LogP contribution in [0, 0.1) is 5.41 Å². The van der Waals surface area contributed by atoms with E-state index >= 15 is 0 Å². The van der Waals surface area contributed by atoms with Gasteiger partial charge < -0.3 is 15.8 Å². The number of pyridine rings is 1. The van der Waals surface area contributed by atoms with Gasteiger partial charge in [-0.15, -0.1) is 0 Å². The number of nitrogens with zero attached hydrogens (tertiary/aromatic N) is 3. The first-order chi connectivity index (χ1) is 10.1. The van der Waals surface area contributed by atoms with Crippen LogP contribution in [0.2, 0.25) is 0 Å². The summed E-state index contributed by atoms with van der Waals surface area (Å²) in [6, 6.07) is 5.63. The summed E-state index contributed by atoms with van der Waals surface area (Å²) in [7, 11) is 0. The van der Waals surface area contributed by atoms with Gasteiger partial charge in [-0.3, -0.25) is 9.78 Å². The molecule has 0 bridgehead atoms. The number of hydrogen-bond acceptors (Lipinski definition) is 4. The largest absolute Gasteiger partial charge is 0.409 e. The van der Waals surface area contributed by atoms with Crippen LogP contribution in [0.15, 0.2) is 29.6 Å². The Morgan fingerprint density at radius 3 is 2.71 bits per heavy atom. The molecule has 1 fully saturated rings. The molecule has 1 aromatic heterocycles. The lowest BCUT2D eigenvalue weighted by molar-refractivity contribution is -0.138. The number of nitrogens with two attached hydrogens (primary N) is 1. The third-order valence-electron chi connectivity index (χ3n) is 4.21. The molecule has 1 aliphatic carbocycles. The number of carbonyl (C=O) groups excluding carboxylic acids is 1. The summed E-state index contributed by atoms with van der Waals surface area (Å²) in [5.41, 5.74) is 5.82. The Labute approximate surface area is 124 Å². The summed E-state index contributed by atoms with van der Waals surface area (Å²) >= 11 is 0. The van der Waals surface area contributed by atoms with E-state index in [1.165, 1.54) is 0 Å². The van der Waals surface area contributed by atoms with Gasteiger partial charge in [-0.25, -0.2) is 0 Å². The second kappa shape index (κ2) is 6.56. The van der Waals surface area contributed by atoms with E-state index in [4.69, 9.17) is 10.9 Å². The van der Waals surface area contributed by atoms with E-state index < -0.39 is 5.41 Å². The normalized spacial score (nSPS) is 17.7. The van der Waals surface area contributed by atoms with Crippen molar-refractivity contribution in [1.29, 1.82) is 0 Å². The zero-order valence-corrected chi connectivity index (χ0v) is 12.3. The average Bonchev–Trinajstić information content (AvgIpc) is 3.03. The lowest BCUT2D eigenvalue weighted by atomic mass is 9.83. The minimum Gasteiger partial charge on any atom is -0.409 e. The van der Waals surface area contributed by atoms with Gasteiger partial charge in [0.25, 0.3) is 0 Å². The van der Waals surface area contributed by atoms with Crippen molar-refractivity contribution >= 4 is 11.7 Å². The van der Waals surface area contributed by atoms with Crippen LogP contribution in [-0.2, 0) is 11.3 Å². The molecule has 0 aromatic carbocycles. The van der Waals surface area contributed by atoms with E-state index in [-0.39, 0.29) is 11.7 Å². The molecule has 1 heterocycles. The molecule has 1 saturated carbocycles. The third kappa shape index (κ3) is 2.99. The number of aromatic nitrogens is 1. The maximum absolute atomic E-state index is 12.9. The summed E-state index contributed by atoms with van der Waals surface area (Å²) in [6.45, 7) is 2.93. The van der Waals surface area contributed by atoms with Crippen molar-refractivity contribution in [3.05, 3.63) is 30.1 Å². The molecule has 0 aliphatic heterocycles. The van der Waals surface area contributed by atoms with Crippen molar-refractivity contribution in [1.82, 2.24) is 9.88 Å². The maximum atomic E-state index is 12.9. The van der Waals surface area contributed by atoms with Crippen molar-refractivity contribution < 1.29 is 10.0 Å². The van der Waals surface area contributed by atoms with Crippen LogP contribution in [0.5, 0.6) is 0 Å². The highest BCUT2D eigenvalue weighted by Gasteiger charge is 2.47. The first-order valence-electron chi connectivity index (χ1n) is 7.31. The molecule has 6 nitrogen and oxygen atoms in total. The van der Waals surface area contributed by atoms with Crippen molar-refractivity contribution in [3.63, 3.8) is 0 Å². The van der Waals surface area contributed by atoms with Crippen LogP contribution in [0.4, 0.5) is 0 Å². The van der Waals surface area contributed by atoms with Gasteiger partial charge in [-0.05, 0) is 31.9 Å². The maximum Gasteiger partial charge on any atom is 0.236 e. The Balaban J connectivity index is 2.22. The molecule has 0 saturated heterocycles. The zero-order valence-electron chi connectivity index (χ0n) is 12.3. The topological polar surface area (TPSA) is 91.8 Å². The van der Waals surface area contributed by atoms with Gasteiger partial charge in [0.05, 0.1) is 12.2 Å². The number of amidine groups is 1. The monoisotopic (exact) mass is 290 g/mol. The summed E-state index contributed by atoms with van der Waals surface area (Å²) in [6.07, 6.45) is 4.83. The molecule has 21 heavy (non-hydrogen) atoms. The van der Waals surface area contributed by atoms with Crippen LogP contribution in [0.25, 0.3) is 0 Å². The fraction of sp³-hybridized carbons (Fsp3) is 0.533. The minimum atomic E-state index is -0.848. The second-order valence-corrected chi connectivity index (χ2v) is 5.41. The number of carbonyl (C=O) groups is 1. The molecular weight excluding hydrogens is 268 g/mol. The van der Waals surface area contributed by atoms with Crippen LogP contribution >= 0.6 is 0 Å². The fourth-order valence-electron chi connectivity index (χ4n) is 2.97. The summed E-state index contributed by atoms with van der Waals surface area (Å²) in [5.74, 6) is -0.0343. The predicted molar refractivity (Wildman–Crippen MR) is 79.6 cm³/mol. The van der Waals surface area contributed by atoms with Crippen molar-refractivity contribution in [2.75, 3.05) is 6.54 Å². The minimum absolute atomic E-state index is 0.0319. The van der Waals surface area contributed by atoms with Crippen LogP contribution < -0.4 is 5.73 Å². The van der Waals surface area contributed by atoms with E-state index in [0.717, 1.165) is 18.5 Å². The van der Waals surface area contributed by atoms with Crippen molar-refractivity contribution in [2.45, 2.75) is 39.2 Å². The predicted octanol–water partition coefficient (Wildman–Crippen LogP) is 1.74. The molecule has 0 unspecified atom stereocenters. The molecule has 0 atom stereocenters. The first kappa shape index (κ1) is 15.3. The molecule has 0 spiro atoms. The SMILES string of the molecule is CCN(Cc1ccccn1)C(=O)C1(/C(N)=N/O)CCCC1. The van der Waals surface area contributed by atoms with Crippen LogP contribution in [0.3, 0.4) is 0 Å². The van der Waals surface area contributed by atoms with Gasteiger partial charge in [0.15, 0.2) is 5.84 Å². The Morgan fingerprint density at radius 1 is 1.48 bits per heavy atom. The Morgan fingerprint density at radius 2 is 2.19 bits per heavy atom. The van der Waals surface area contributed by atoms with Crippen molar-refractivity contribution in [2.24, 2.45) is 16.3 Å². The average molecular weight is 290 g/mol. The quantitative estimate of drug-likeness (QED) is 0.374. The fourth-order valence-corrected chi connectivity index (χ4v) is 2.97. The highest BCUT2D eigenvalue weighted by atomic mass is 16.4. The van der Waals surface area contributed by atoms with E-state index in [2.05, 4.69) is 10.1 Å². The van der Waals surface area contributed by atoms with Crippen molar-refractivity contribution in [3.8, 4) is 0 Å². The van der Waals surface area contributed by atoms with Crippen LogP contribution in [-0.4, -0.2) is 33.4 Å².